The predicted octanol–water partition coefficient (Wildman–Crippen LogP) is 4.08. The topological polar surface area (TPSA) is 66.4 Å². The van der Waals surface area contributed by atoms with Crippen LogP contribution in [-0.4, -0.2) is 50.2 Å². The van der Waals surface area contributed by atoms with Crippen molar-refractivity contribution in [3.8, 4) is 0 Å². The minimum absolute atomic E-state index is 0.237. The molecule has 2 atom stereocenters. The lowest BCUT2D eigenvalue weighted by atomic mass is 9.99. The van der Waals surface area contributed by atoms with Gasteiger partial charge in [0.05, 0.1) is 21.1 Å². The van der Waals surface area contributed by atoms with Gasteiger partial charge in [-0.15, -0.1) is 0 Å². The van der Waals surface area contributed by atoms with Crippen LogP contribution in [0.5, 0.6) is 0 Å². The van der Waals surface area contributed by atoms with Crippen LogP contribution in [0.1, 0.15) is 97.3 Å². The SMILES string of the molecule is CCC(C)CCCCCCCCCCCC(=O)OC(CC(=O)[O-])C[N+](C)(C)C. The van der Waals surface area contributed by atoms with E-state index in [2.05, 4.69) is 13.8 Å². The van der Waals surface area contributed by atoms with Crippen molar-refractivity contribution in [2.75, 3.05) is 27.7 Å². The fourth-order valence-electron chi connectivity index (χ4n) is 3.39. The summed E-state index contributed by atoms with van der Waals surface area (Å²) in [6.45, 7) is 5.07. The molecule has 0 aromatic heterocycles. The van der Waals surface area contributed by atoms with Crippen LogP contribution >= 0.6 is 0 Å². The molecule has 28 heavy (non-hydrogen) atoms. The third-order valence-electron chi connectivity index (χ3n) is 5.22. The summed E-state index contributed by atoms with van der Waals surface area (Å²) in [4.78, 5) is 22.8. The molecule has 0 radical (unpaired) electrons. The number of likely N-dealkylation sites (N-methyl/N-ethyl adjacent to an activating group) is 1. The van der Waals surface area contributed by atoms with Gasteiger partial charge in [-0.2, -0.15) is 0 Å². The number of carbonyl (C=O) groups excluding carboxylic acids is 2. The van der Waals surface area contributed by atoms with E-state index < -0.39 is 12.1 Å². The average molecular weight is 400 g/mol. The van der Waals surface area contributed by atoms with Crippen LogP contribution < -0.4 is 5.11 Å². The van der Waals surface area contributed by atoms with Crippen LogP contribution in [0.2, 0.25) is 0 Å². The number of carboxylic acids is 1. The zero-order chi connectivity index (χ0) is 21.4. The Morgan fingerprint density at radius 3 is 1.86 bits per heavy atom. The number of nitrogens with zero attached hydrogens (tertiary/aromatic N) is 1. The van der Waals surface area contributed by atoms with Crippen molar-refractivity contribution in [3.63, 3.8) is 0 Å². The molecule has 0 fully saturated rings. The Bertz CT molecular complexity index is 417. The second kappa shape index (κ2) is 15.8. The summed E-state index contributed by atoms with van der Waals surface area (Å²) < 4.78 is 5.91. The Kier molecular flexibility index (Phi) is 15.2. The van der Waals surface area contributed by atoms with Crippen molar-refractivity contribution in [1.29, 1.82) is 0 Å². The van der Waals surface area contributed by atoms with E-state index in [0.29, 0.717) is 17.4 Å². The van der Waals surface area contributed by atoms with Crippen molar-refractivity contribution >= 4 is 11.9 Å². The van der Waals surface area contributed by atoms with E-state index in [-0.39, 0.29) is 12.4 Å². The van der Waals surface area contributed by atoms with E-state index in [9.17, 15) is 14.7 Å². The lowest BCUT2D eigenvalue weighted by molar-refractivity contribution is -0.873. The molecule has 0 bridgehead atoms. The smallest absolute Gasteiger partial charge is 0.306 e. The number of aliphatic carboxylic acids is 1. The molecule has 0 heterocycles. The van der Waals surface area contributed by atoms with Gasteiger partial charge in [-0.1, -0.05) is 78.1 Å². The zero-order valence-electron chi connectivity index (χ0n) is 19.1. The predicted molar refractivity (Wildman–Crippen MR) is 113 cm³/mol. The lowest BCUT2D eigenvalue weighted by Gasteiger charge is -2.29. The number of carboxylic acid groups (broad SMARTS) is 1. The van der Waals surface area contributed by atoms with Gasteiger partial charge in [0, 0.05) is 18.8 Å². The molecular formula is C23H45NO4. The monoisotopic (exact) mass is 399 g/mol. The first kappa shape index (κ1) is 26.9. The second-order valence-electron chi connectivity index (χ2n) is 9.39. The largest absolute Gasteiger partial charge is 0.550 e. The van der Waals surface area contributed by atoms with Crippen molar-refractivity contribution in [1.82, 2.24) is 0 Å². The summed E-state index contributed by atoms with van der Waals surface area (Å²) in [7, 11) is 5.84. The Morgan fingerprint density at radius 1 is 0.893 bits per heavy atom. The van der Waals surface area contributed by atoms with E-state index in [1.807, 2.05) is 21.1 Å². The highest BCUT2D eigenvalue weighted by molar-refractivity contribution is 5.70. The molecule has 166 valence electrons. The Balaban J connectivity index is 3.68. The van der Waals surface area contributed by atoms with Crippen LogP contribution in [0.4, 0.5) is 0 Å². The first-order valence-electron chi connectivity index (χ1n) is 11.3. The maximum absolute atomic E-state index is 12.0. The summed E-state index contributed by atoms with van der Waals surface area (Å²) in [5.41, 5.74) is 0. The number of carbonyl (C=O) groups is 2. The third kappa shape index (κ3) is 18.3. The third-order valence-corrected chi connectivity index (χ3v) is 5.22. The van der Waals surface area contributed by atoms with Crippen molar-refractivity contribution < 1.29 is 23.9 Å². The fraction of sp³-hybridized carbons (Fsp3) is 0.913. The molecule has 0 aliphatic rings. The van der Waals surface area contributed by atoms with Crippen molar-refractivity contribution in [3.05, 3.63) is 0 Å². The zero-order valence-corrected chi connectivity index (χ0v) is 19.1. The van der Waals surface area contributed by atoms with E-state index in [4.69, 9.17) is 4.74 Å². The van der Waals surface area contributed by atoms with Gasteiger partial charge in [0.15, 0.2) is 6.10 Å². The van der Waals surface area contributed by atoms with Gasteiger partial charge in [-0.25, -0.2) is 0 Å². The van der Waals surface area contributed by atoms with Crippen molar-refractivity contribution in [2.45, 2.75) is 103 Å². The standard InChI is InChI=1S/C23H45NO4/c1-6-20(2)16-14-12-10-8-7-9-11-13-15-17-23(27)28-21(18-22(25)26)19-24(3,4)5/h20-21H,6-19H2,1-5H3. The second-order valence-corrected chi connectivity index (χ2v) is 9.39. The van der Waals surface area contributed by atoms with Gasteiger partial charge in [0.2, 0.25) is 0 Å². The highest BCUT2D eigenvalue weighted by atomic mass is 16.5. The minimum atomic E-state index is -1.17. The van der Waals surface area contributed by atoms with Crippen LogP contribution in [0.3, 0.4) is 0 Å². The van der Waals surface area contributed by atoms with Gasteiger partial charge in [-0.05, 0) is 12.3 Å². The lowest BCUT2D eigenvalue weighted by Crippen LogP contribution is -2.45. The molecule has 0 aliphatic heterocycles. The Hall–Kier alpha value is -1.10. The molecule has 5 heteroatoms. The highest BCUT2D eigenvalue weighted by Gasteiger charge is 2.22. The number of hydrogen-bond acceptors (Lipinski definition) is 4. The van der Waals surface area contributed by atoms with Crippen LogP contribution in [0.25, 0.3) is 0 Å². The molecule has 0 amide bonds. The number of quaternary nitrogens is 1. The maximum atomic E-state index is 12.0. The first-order valence-corrected chi connectivity index (χ1v) is 11.3. The number of ether oxygens (including phenoxy) is 1. The van der Waals surface area contributed by atoms with E-state index in [1.165, 1.54) is 51.4 Å². The van der Waals surface area contributed by atoms with E-state index >= 15 is 0 Å². The molecule has 0 rings (SSSR count). The van der Waals surface area contributed by atoms with E-state index in [0.717, 1.165) is 25.2 Å². The summed E-state index contributed by atoms with van der Waals surface area (Å²) in [5.74, 6) is -0.595. The molecule has 0 spiro atoms. The quantitative estimate of drug-likeness (QED) is 0.198. The number of hydrogen-bond donors (Lipinski definition) is 0. The molecule has 0 aliphatic carbocycles. The molecule has 0 saturated heterocycles. The first-order chi connectivity index (χ1) is 13.1. The fourth-order valence-corrected chi connectivity index (χ4v) is 3.39. The summed E-state index contributed by atoms with van der Waals surface area (Å²) in [6.07, 6.45) is 13.1. The Labute approximate surface area is 173 Å². The molecule has 0 aromatic carbocycles. The Morgan fingerprint density at radius 2 is 1.39 bits per heavy atom. The number of unbranched alkanes of at least 4 members (excludes halogenated alkanes) is 8. The summed E-state index contributed by atoms with van der Waals surface area (Å²) in [6, 6.07) is 0. The number of esters is 1. The maximum Gasteiger partial charge on any atom is 0.306 e. The van der Waals surface area contributed by atoms with Crippen LogP contribution in [-0.2, 0) is 14.3 Å². The van der Waals surface area contributed by atoms with E-state index in [1.54, 1.807) is 0 Å². The molecular weight excluding hydrogens is 354 g/mol. The van der Waals surface area contributed by atoms with Gasteiger partial charge in [0.1, 0.15) is 6.54 Å². The molecule has 0 aromatic rings. The van der Waals surface area contributed by atoms with Gasteiger partial charge in [-0.3, -0.25) is 4.79 Å². The molecule has 5 nitrogen and oxygen atoms in total. The average Bonchev–Trinajstić information content (AvgIpc) is 2.57. The normalized spacial score (nSPS) is 13.9. The molecule has 2 unspecified atom stereocenters. The van der Waals surface area contributed by atoms with Crippen LogP contribution in [0, 0.1) is 5.92 Å². The minimum Gasteiger partial charge on any atom is -0.550 e. The van der Waals surface area contributed by atoms with Gasteiger partial charge >= 0.3 is 5.97 Å². The highest BCUT2D eigenvalue weighted by Crippen LogP contribution is 2.15. The summed E-state index contributed by atoms with van der Waals surface area (Å²) >= 11 is 0. The molecule has 0 saturated carbocycles. The molecule has 0 N–H and O–H groups in total. The number of rotatable bonds is 18. The van der Waals surface area contributed by atoms with Crippen molar-refractivity contribution in [2.24, 2.45) is 5.92 Å². The van der Waals surface area contributed by atoms with Crippen LogP contribution in [0.15, 0.2) is 0 Å². The van der Waals surface area contributed by atoms with Gasteiger partial charge < -0.3 is 19.1 Å². The summed E-state index contributed by atoms with van der Waals surface area (Å²) in [5, 5.41) is 10.9. The van der Waals surface area contributed by atoms with Gasteiger partial charge in [0.25, 0.3) is 0 Å².